The summed E-state index contributed by atoms with van der Waals surface area (Å²) in [7, 11) is -3.16. The van der Waals surface area contributed by atoms with Crippen LogP contribution < -0.4 is 10.5 Å². The van der Waals surface area contributed by atoms with Crippen molar-refractivity contribution in [2.45, 2.75) is 63.5 Å². The molecule has 0 atom stereocenters. The van der Waals surface area contributed by atoms with Crippen LogP contribution in [-0.4, -0.2) is 49.6 Å². The molecule has 1 aliphatic carbocycles. The summed E-state index contributed by atoms with van der Waals surface area (Å²) in [6.45, 7) is 2.86. The van der Waals surface area contributed by atoms with Gasteiger partial charge in [-0.05, 0) is 32.6 Å². The molecule has 0 aromatic heterocycles. The molecule has 0 aromatic carbocycles. The van der Waals surface area contributed by atoms with Crippen LogP contribution in [0.4, 0.5) is 0 Å². The second kappa shape index (κ2) is 6.62. The molecule has 1 heterocycles. The van der Waals surface area contributed by atoms with Crippen molar-refractivity contribution < 1.29 is 13.2 Å². The zero-order valence-corrected chi connectivity index (χ0v) is 13.6. The first-order valence-corrected chi connectivity index (χ1v) is 9.55. The summed E-state index contributed by atoms with van der Waals surface area (Å²) in [6.07, 6.45) is 5.90. The van der Waals surface area contributed by atoms with Crippen molar-refractivity contribution in [1.29, 1.82) is 0 Å². The van der Waals surface area contributed by atoms with E-state index in [2.05, 4.69) is 4.72 Å². The fourth-order valence-electron chi connectivity index (χ4n) is 3.25. The summed E-state index contributed by atoms with van der Waals surface area (Å²) >= 11 is 0. The third-order valence-electron chi connectivity index (χ3n) is 4.68. The number of rotatable bonds is 5. The molecule has 0 spiro atoms. The molecule has 1 aliphatic heterocycles. The number of hydrogen-bond donors (Lipinski definition) is 2. The molecule has 0 radical (unpaired) electrons. The van der Waals surface area contributed by atoms with Crippen molar-refractivity contribution in [1.82, 2.24) is 9.62 Å². The minimum Gasteiger partial charge on any atom is -0.343 e. The zero-order chi connectivity index (χ0) is 15.5. The molecule has 1 amide bonds. The zero-order valence-electron chi connectivity index (χ0n) is 12.8. The molecule has 2 aliphatic rings. The van der Waals surface area contributed by atoms with E-state index in [0.29, 0.717) is 32.4 Å². The highest BCUT2D eigenvalue weighted by atomic mass is 32.2. The van der Waals surface area contributed by atoms with Crippen molar-refractivity contribution in [3.8, 4) is 0 Å². The Balaban J connectivity index is 1.79. The van der Waals surface area contributed by atoms with Crippen molar-refractivity contribution in [3.05, 3.63) is 0 Å². The van der Waals surface area contributed by atoms with E-state index in [1.807, 2.05) is 4.90 Å². The van der Waals surface area contributed by atoms with Gasteiger partial charge in [-0.15, -0.1) is 0 Å². The van der Waals surface area contributed by atoms with Crippen molar-refractivity contribution >= 4 is 15.9 Å². The first kappa shape index (κ1) is 16.7. The highest BCUT2D eigenvalue weighted by Gasteiger charge is 2.34. The van der Waals surface area contributed by atoms with Crippen LogP contribution >= 0.6 is 0 Å². The van der Waals surface area contributed by atoms with Gasteiger partial charge in [-0.3, -0.25) is 4.79 Å². The average molecular weight is 317 g/mol. The molecule has 3 N–H and O–H groups in total. The van der Waals surface area contributed by atoms with Gasteiger partial charge in [0.15, 0.2) is 0 Å². The first-order chi connectivity index (χ1) is 9.84. The number of sulfonamides is 1. The van der Waals surface area contributed by atoms with E-state index in [1.165, 1.54) is 0 Å². The Hall–Kier alpha value is -0.660. The summed E-state index contributed by atoms with van der Waals surface area (Å²) in [5, 5.41) is 0. The Labute approximate surface area is 127 Å². The van der Waals surface area contributed by atoms with Crippen LogP contribution in [0.3, 0.4) is 0 Å². The fourth-order valence-corrected chi connectivity index (χ4v) is 4.16. The van der Waals surface area contributed by atoms with Gasteiger partial charge in [-0.1, -0.05) is 12.8 Å². The number of nitrogens with zero attached hydrogens (tertiary/aromatic N) is 1. The predicted molar refractivity (Wildman–Crippen MR) is 82.2 cm³/mol. The molecule has 2 rings (SSSR count). The van der Waals surface area contributed by atoms with E-state index in [9.17, 15) is 13.2 Å². The van der Waals surface area contributed by atoms with E-state index >= 15 is 0 Å². The molecule has 0 unspecified atom stereocenters. The van der Waals surface area contributed by atoms with Gasteiger partial charge < -0.3 is 10.6 Å². The second-order valence-electron chi connectivity index (χ2n) is 6.42. The van der Waals surface area contributed by atoms with Crippen LogP contribution in [0.15, 0.2) is 0 Å². The molecule has 1 saturated carbocycles. The molecular formula is C14H27N3O3S. The van der Waals surface area contributed by atoms with Gasteiger partial charge in [-0.2, -0.15) is 0 Å². The summed E-state index contributed by atoms with van der Waals surface area (Å²) < 4.78 is 25.8. The Bertz CT molecular complexity index is 464. The van der Waals surface area contributed by atoms with Gasteiger partial charge in [-0.25, -0.2) is 13.1 Å². The van der Waals surface area contributed by atoms with E-state index in [4.69, 9.17) is 5.73 Å². The van der Waals surface area contributed by atoms with Crippen LogP contribution in [0, 0.1) is 0 Å². The minimum atomic E-state index is -3.16. The minimum absolute atomic E-state index is 0.0442. The topological polar surface area (TPSA) is 92.5 Å². The number of amides is 1. The maximum absolute atomic E-state index is 12.3. The van der Waals surface area contributed by atoms with Crippen LogP contribution in [0.2, 0.25) is 0 Å². The molecule has 1 saturated heterocycles. The lowest BCUT2D eigenvalue weighted by Crippen LogP contribution is -2.49. The number of hydrogen-bond acceptors (Lipinski definition) is 4. The number of likely N-dealkylation sites (tertiary alicyclic amines) is 1. The average Bonchev–Trinajstić information content (AvgIpc) is 2.85. The summed E-state index contributed by atoms with van der Waals surface area (Å²) in [5.41, 5.74) is 5.95. The first-order valence-electron chi connectivity index (χ1n) is 7.90. The second-order valence-corrected chi connectivity index (χ2v) is 8.47. The molecule has 0 aromatic rings. The quantitative estimate of drug-likeness (QED) is 0.776. The monoisotopic (exact) mass is 317 g/mol. The van der Waals surface area contributed by atoms with Gasteiger partial charge in [0.05, 0.1) is 5.75 Å². The van der Waals surface area contributed by atoms with Gasteiger partial charge in [0, 0.05) is 31.1 Å². The Morgan fingerprint density at radius 3 is 2.38 bits per heavy atom. The highest BCUT2D eigenvalue weighted by molar-refractivity contribution is 7.89. The number of nitrogens with two attached hydrogens (primary N) is 1. The third kappa shape index (κ3) is 4.66. The molecule has 6 nitrogen and oxygen atoms in total. The molecule has 21 heavy (non-hydrogen) atoms. The van der Waals surface area contributed by atoms with Gasteiger partial charge >= 0.3 is 0 Å². The molecule has 122 valence electrons. The van der Waals surface area contributed by atoms with E-state index in [-0.39, 0.29) is 23.2 Å². The Morgan fingerprint density at radius 1 is 1.29 bits per heavy atom. The number of carbonyl (C=O) groups is 1. The normalized spacial score (nSPS) is 23.4. The van der Waals surface area contributed by atoms with Crippen molar-refractivity contribution in [2.75, 3.05) is 18.8 Å². The predicted octanol–water partition coefficient (Wildman–Crippen LogP) is 0.578. The van der Waals surface area contributed by atoms with Crippen molar-refractivity contribution in [2.24, 2.45) is 5.73 Å². The van der Waals surface area contributed by atoms with E-state index in [0.717, 1.165) is 25.7 Å². The van der Waals surface area contributed by atoms with E-state index < -0.39 is 10.0 Å². The van der Waals surface area contributed by atoms with Crippen molar-refractivity contribution in [3.63, 3.8) is 0 Å². The third-order valence-corrected chi connectivity index (χ3v) is 6.13. The smallest absolute Gasteiger partial charge is 0.224 e. The van der Waals surface area contributed by atoms with Crippen LogP contribution in [0.5, 0.6) is 0 Å². The van der Waals surface area contributed by atoms with Gasteiger partial charge in [0.2, 0.25) is 15.9 Å². The summed E-state index contributed by atoms with van der Waals surface area (Å²) in [6, 6.07) is -0.0442. The lowest BCUT2D eigenvalue weighted by molar-refractivity contribution is -0.133. The van der Waals surface area contributed by atoms with Crippen LogP contribution in [0.25, 0.3) is 0 Å². The maximum atomic E-state index is 12.3. The van der Waals surface area contributed by atoms with Gasteiger partial charge in [0.25, 0.3) is 0 Å². The van der Waals surface area contributed by atoms with Gasteiger partial charge in [0.1, 0.15) is 0 Å². The standard InChI is InChI=1S/C14H27N3O3S/c1-2-21(19,20)16-12-5-9-17(10-6-12)13(18)11-14(15)7-3-4-8-14/h12,16H,2-11,15H2,1H3. The number of carbonyl (C=O) groups excluding carboxylic acids is 1. The SMILES string of the molecule is CCS(=O)(=O)NC1CCN(C(=O)CC2(N)CCCC2)CC1. The Morgan fingerprint density at radius 2 is 1.86 bits per heavy atom. The number of nitrogens with one attached hydrogen (secondary N) is 1. The molecular weight excluding hydrogens is 290 g/mol. The molecule has 7 heteroatoms. The summed E-state index contributed by atoms with van der Waals surface area (Å²) in [5.74, 6) is 0.221. The van der Waals surface area contributed by atoms with Crippen LogP contribution in [0.1, 0.15) is 51.9 Å². The lowest BCUT2D eigenvalue weighted by Gasteiger charge is -2.34. The molecule has 0 bridgehead atoms. The molecule has 2 fully saturated rings. The lowest BCUT2D eigenvalue weighted by atomic mass is 9.93. The summed E-state index contributed by atoms with van der Waals surface area (Å²) in [4.78, 5) is 14.2. The highest BCUT2D eigenvalue weighted by Crippen LogP contribution is 2.30. The Kier molecular flexibility index (Phi) is 5.27. The largest absolute Gasteiger partial charge is 0.343 e. The maximum Gasteiger partial charge on any atom is 0.224 e. The number of piperidine rings is 1. The fraction of sp³-hybridized carbons (Fsp3) is 0.929. The van der Waals surface area contributed by atoms with E-state index in [1.54, 1.807) is 6.92 Å². The van der Waals surface area contributed by atoms with Crippen LogP contribution in [-0.2, 0) is 14.8 Å².